The summed E-state index contributed by atoms with van der Waals surface area (Å²) in [5.41, 5.74) is 7.14. The van der Waals surface area contributed by atoms with Crippen LogP contribution in [0.3, 0.4) is 0 Å². The summed E-state index contributed by atoms with van der Waals surface area (Å²) in [5.74, 6) is -2.35. The first kappa shape index (κ1) is 18.1. The normalized spacial score (nSPS) is 13.0. The van der Waals surface area contributed by atoms with Gasteiger partial charge in [-0.3, -0.25) is 14.4 Å². The molecule has 0 saturated heterocycles. The number of hydrogen-bond donors (Lipinski definition) is 6. The minimum atomic E-state index is -1.18. The molecule has 2 heterocycles. The molecule has 0 fully saturated rings. The summed E-state index contributed by atoms with van der Waals surface area (Å²) in [5, 5.41) is 13.4. The van der Waals surface area contributed by atoms with E-state index in [1.54, 1.807) is 6.20 Å². The van der Waals surface area contributed by atoms with Crippen molar-refractivity contribution < 1.29 is 19.5 Å². The van der Waals surface area contributed by atoms with Crippen molar-refractivity contribution in [1.82, 2.24) is 30.6 Å². The minimum absolute atomic E-state index is 0.119. The number of carbonyl (C=O) groups is 3. The molecule has 134 valence electrons. The molecule has 0 unspecified atom stereocenters. The number of nitrogens with one attached hydrogen (secondary N) is 4. The van der Waals surface area contributed by atoms with Crippen molar-refractivity contribution in [3.8, 4) is 0 Å². The van der Waals surface area contributed by atoms with E-state index in [4.69, 9.17) is 10.8 Å². The van der Waals surface area contributed by atoms with Crippen molar-refractivity contribution >= 4 is 17.8 Å². The van der Waals surface area contributed by atoms with E-state index in [2.05, 4.69) is 30.6 Å². The molecule has 0 bridgehead atoms. The molecule has 25 heavy (non-hydrogen) atoms. The Morgan fingerprint density at radius 1 is 1.08 bits per heavy atom. The maximum absolute atomic E-state index is 12.3. The van der Waals surface area contributed by atoms with E-state index in [9.17, 15) is 14.4 Å². The zero-order valence-corrected chi connectivity index (χ0v) is 13.2. The van der Waals surface area contributed by atoms with Crippen LogP contribution < -0.4 is 16.4 Å². The lowest BCUT2D eigenvalue weighted by Crippen LogP contribution is -2.53. The van der Waals surface area contributed by atoms with Crippen molar-refractivity contribution in [1.29, 1.82) is 0 Å². The van der Waals surface area contributed by atoms with Crippen LogP contribution in [0.2, 0.25) is 0 Å². The third-order valence-corrected chi connectivity index (χ3v) is 3.36. The molecule has 0 radical (unpaired) electrons. The van der Waals surface area contributed by atoms with Gasteiger partial charge in [-0.2, -0.15) is 0 Å². The SMILES string of the molecule is N[C@@H](Cc1cnc[nH]1)C(=O)N[C@@H](Cc1cnc[nH]1)C(=O)NCC(=O)O. The summed E-state index contributed by atoms with van der Waals surface area (Å²) >= 11 is 0. The number of amides is 2. The number of aliphatic carboxylic acids is 1. The Morgan fingerprint density at radius 2 is 1.68 bits per heavy atom. The second kappa shape index (κ2) is 8.59. The molecule has 11 nitrogen and oxygen atoms in total. The largest absolute Gasteiger partial charge is 0.480 e. The quantitative estimate of drug-likeness (QED) is 0.301. The highest BCUT2D eigenvalue weighted by molar-refractivity contribution is 5.91. The van der Waals surface area contributed by atoms with Crippen LogP contribution in [0.5, 0.6) is 0 Å². The number of carboxylic acid groups (broad SMARTS) is 1. The molecule has 0 aliphatic heterocycles. The summed E-state index contributed by atoms with van der Waals surface area (Å²) in [4.78, 5) is 48.4. The Hall–Kier alpha value is -3.21. The molecule has 7 N–H and O–H groups in total. The van der Waals surface area contributed by atoms with Gasteiger partial charge in [-0.1, -0.05) is 0 Å². The Kier molecular flexibility index (Phi) is 6.23. The second-order valence-corrected chi connectivity index (χ2v) is 5.34. The van der Waals surface area contributed by atoms with Gasteiger partial charge in [-0.15, -0.1) is 0 Å². The molecule has 0 spiro atoms. The third kappa shape index (κ3) is 5.73. The van der Waals surface area contributed by atoms with Crippen LogP contribution >= 0.6 is 0 Å². The number of H-pyrrole nitrogens is 2. The number of aromatic amines is 2. The minimum Gasteiger partial charge on any atom is -0.480 e. The maximum atomic E-state index is 12.3. The van der Waals surface area contributed by atoms with E-state index in [1.807, 2.05) is 0 Å². The molecule has 0 saturated carbocycles. The summed E-state index contributed by atoms with van der Waals surface area (Å²) in [6, 6.07) is -1.88. The Bertz CT molecular complexity index is 699. The summed E-state index contributed by atoms with van der Waals surface area (Å²) < 4.78 is 0. The van der Waals surface area contributed by atoms with Gasteiger partial charge in [0.1, 0.15) is 12.6 Å². The highest BCUT2D eigenvalue weighted by Crippen LogP contribution is 2.01. The smallest absolute Gasteiger partial charge is 0.322 e. The standard InChI is InChI=1S/C14H19N7O4/c15-10(1-8-3-16-6-19-8)13(24)21-11(2-9-4-17-7-20-9)14(25)18-5-12(22)23/h3-4,6-7,10-11H,1-2,5,15H2,(H,16,19)(H,17,20)(H,18,25)(H,21,24)(H,22,23)/t10-,11-/m0/s1. The van der Waals surface area contributed by atoms with Gasteiger partial charge in [0.15, 0.2) is 0 Å². The number of hydrogen-bond acceptors (Lipinski definition) is 6. The van der Waals surface area contributed by atoms with E-state index in [0.29, 0.717) is 11.4 Å². The zero-order valence-electron chi connectivity index (χ0n) is 13.2. The monoisotopic (exact) mass is 349 g/mol. The molecule has 2 atom stereocenters. The van der Waals surface area contributed by atoms with Crippen molar-refractivity contribution in [2.45, 2.75) is 24.9 Å². The van der Waals surface area contributed by atoms with Crippen molar-refractivity contribution in [3.05, 3.63) is 36.4 Å². The number of aromatic nitrogens is 4. The molecular formula is C14H19N7O4. The van der Waals surface area contributed by atoms with Crippen LogP contribution in [0.1, 0.15) is 11.4 Å². The van der Waals surface area contributed by atoms with Gasteiger partial charge < -0.3 is 31.4 Å². The molecule has 2 aromatic heterocycles. The molecule has 2 aromatic rings. The van der Waals surface area contributed by atoms with Gasteiger partial charge in [0, 0.05) is 36.6 Å². The van der Waals surface area contributed by atoms with Crippen molar-refractivity contribution in [3.63, 3.8) is 0 Å². The van der Waals surface area contributed by atoms with Gasteiger partial charge in [-0.25, -0.2) is 9.97 Å². The molecular weight excluding hydrogens is 330 g/mol. The van der Waals surface area contributed by atoms with Gasteiger partial charge in [0.05, 0.1) is 18.7 Å². The fraction of sp³-hybridized carbons (Fsp3) is 0.357. The topological polar surface area (TPSA) is 179 Å². The molecule has 0 aliphatic rings. The van der Waals surface area contributed by atoms with Crippen LogP contribution in [-0.2, 0) is 27.2 Å². The predicted molar refractivity (Wildman–Crippen MR) is 85.1 cm³/mol. The molecule has 2 amide bonds. The number of imidazole rings is 2. The maximum Gasteiger partial charge on any atom is 0.322 e. The van der Waals surface area contributed by atoms with E-state index in [1.165, 1.54) is 18.9 Å². The molecule has 2 rings (SSSR count). The average Bonchev–Trinajstić information content (AvgIpc) is 3.25. The van der Waals surface area contributed by atoms with Gasteiger partial charge in [-0.05, 0) is 0 Å². The lowest BCUT2D eigenvalue weighted by Gasteiger charge is -2.19. The zero-order chi connectivity index (χ0) is 18.2. The average molecular weight is 349 g/mol. The molecule has 0 aromatic carbocycles. The lowest BCUT2D eigenvalue weighted by atomic mass is 10.1. The summed E-state index contributed by atoms with van der Waals surface area (Å²) in [6.45, 7) is -0.547. The molecule has 11 heteroatoms. The summed E-state index contributed by atoms with van der Waals surface area (Å²) in [7, 11) is 0. The van der Waals surface area contributed by atoms with Crippen LogP contribution in [0.4, 0.5) is 0 Å². The first-order chi connectivity index (χ1) is 12.0. The van der Waals surface area contributed by atoms with Crippen LogP contribution in [0.25, 0.3) is 0 Å². The Balaban J connectivity index is 1.99. The Labute approximate surface area is 142 Å². The number of nitrogens with zero attached hydrogens (tertiary/aromatic N) is 2. The third-order valence-electron chi connectivity index (χ3n) is 3.36. The Morgan fingerprint density at radius 3 is 2.20 bits per heavy atom. The van der Waals surface area contributed by atoms with Crippen molar-refractivity contribution in [2.24, 2.45) is 5.73 Å². The van der Waals surface area contributed by atoms with E-state index < -0.39 is 36.4 Å². The predicted octanol–water partition coefficient (Wildman–Crippen LogP) is -2.07. The van der Waals surface area contributed by atoms with E-state index >= 15 is 0 Å². The van der Waals surface area contributed by atoms with Crippen LogP contribution in [0.15, 0.2) is 25.0 Å². The highest BCUT2D eigenvalue weighted by atomic mass is 16.4. The van der Waals surface area contributed by atoms with Crippen LogP contribution in [0, 0.1) is 0 Å². The van der Waals surface area contributed by atoms with Gasteiger partial charge >= 0.3 is 5.97 Å². The van der Waals surface area contributed by atoms with Crippen molar-refractivity contribution in [2.75, 3.05) is 6.54 Å². The first-order valence-electron chi connectivity index (χ1n) is 7.45. The lowest BCUT2D eigenvalue weighted by molar-refractivity contribution is -0.138. The number of carboxylic acids is 1. The second-order valence-electron chi connectivity index (χ2n) is 5.34. The number of rotatable bonds is 9. The number of carbonyl (C=O) groups excluding carboxylic acids is 2. The molecule has 0 aliphatic carbocycles. The van der Waals surface area contributed by atoms with Crippen LogP contribution in [-0.4, -0.2) is 61.5 Å². The van der Waals surface area contributed by atoms with E-state index in [0.717, 1.165) is 0 Å². The van der Waals surface area contributed by atoms with Gasteiger partial charge in [0.25, 0.3) is 0 Å². The van der Waals surface area contributed by atoms with E-state index in [-0.39, 0.29) is 12.8 Å². The van der Waals surface area contributed by atoms with Gasteiger partial charge in [0.2, 0.25) is 11.8 Å². The summed E-state index contributed by atoms with van der Waals surface area (Å²) in [6.07, 6.45) is 6.31. The first-order valence-corrected chi connectivity index (χ1v) is 7.45. The highest BCUT2D eigenvalue weighted by Gasteiger charge is 2.25. The fourth-order valence-electron chi connectivity index (χ4n) is 2.12. The number of nitrogens with two attached hydrogens (primary N) is 1. The fourth-order valence-corrected chi connectivity index (χ4v) is 2.12.